The Morgan fingerprint density at radius 2 is 1.89 bits per heavy atom. The van der Waals surface area contributed by atoms with Crippen molar-refractivity contribution in [3.63, 3.8) is 0 Å². The molecular weight excluding hydrogens is 348 g/mol. The predicted molar refractivity (Wildman–Crippen MR) is 81.8 cm³/mol. The molecule has 1 aliphatic heterocycles. The van der Waals surface area contributed by atoms with Crippen LogP contribution >= 0.6 is 38.9 Å². The van der Waals surface area contributed by atoms with Gasteiger partial charge in [0.15, 0.2) is 11.5 Å². The van der Waals surface area contributed by atoms with Gasteiger partial charge in [-0.05, 0) is 45.8 Å². The van der Waals surface area contributed by atoms with E-state index >= 15 is 0 Å². The number of benzene rings is 1. The fraction of sp³-hybridized carbons (Fsp3) is 0.286. The van der Waals surface area contributed by atoms with Crippen molar-refractivity contribution in [2.75, 3.05) is 13.2 Å². The average molecular weight is 360 g/mol. The van der Waals surface area contributed by atoms with Gasteiger partial charge in [-0.15, -0.1) is 22.9 Å². The minimum absolute atomic E-state index is 0.159. The molecule has 1 aromatic carbocycles. The Labute approximate surface area is 129 Å². The van der Waals surface area contributed by atoms with Crippen molar-refractivity contribution in [3.05, 3.63) is 44.6 Å². The molecule has 0 spiro atoms. The van der Waals surface area contributed by atoms with Crippen LogP contribution in [0.1, 0.15) is 22.2 Å². The molecule has 5 heteroatoms. The highest BCUT2D eigenvalue weighted by atomic mass is 79.9. The molecule has 2 aromatic rings. The SMILES string of the molecule is ClC(c1ccc2c(c1)OCCCO2)c1ccc(Br)s1. The number of hydrogen-bond donors (Lipinski definition) is 0. The van der Waals surface area contributed by atoms with E-state index in [1.54, 1.807) is 11.3 Å². The molecule has 1 unspecified atom stereocenters. The van der Waals surface area contributed by atoms with Crippen molar-refractivity contribution in [2.45, 2.75) is 11.8 Å². The van der Waals surface area contributed by atoms with E-state index in [4.69, 9.17) is 21.1 Å². The van der Waals surface area contributed by atoms with Gasteiger partial charge in [-0.2, -0.15) is 0 Å². The summed E-state index contributed by atoms with van der Waals surface area (Å²) >= 11 is 11.6. The number of rotatable bonds is 2. The van der Waals surface area contributed by atoms with Crippen molar-refractivity contribution in [3.8, 4) is 11.5 Å². The number of ether oxygens (including phenoxy) is 2. The second-order valence-corrected chi connectivity index (χ2v) is 7.19. The zero-order chi connectivity index (χ0) is 13.2. The number of alkyl halides is 1. The molecule has 2 nitrogen and oxygen atoms in total. The smallest absolute Gasteiger partial charge is 0.161 e. The van der Waals surface area contributed by atoms with Crippen molar-refractivity contribution in [1.29, 1.82) is 0 Å². The summed E-state index contributed by atoms with van der Waals surface area (Å²) in [6, 6.07) is 9.96. The Morgan fingerprint density at radius 1 is 1.11 bits per heavy atom. The van der Waals surface area contributed by atoms with E-state index in [0.717, 1.165) is 32.1 Å². The lowest BCUT2D eigenvalue weighted by molar-refractivity contribution is 0.297. The maximum absolute atomic E-state index is 6.52. The summed E-state index contributed by atoms with van der Waals surface area (Å²) in [6.07, 6.45) is 0.909. The van der Waals surface area contributed by atoms with E-state index in [9.17, 15) is 0 Å². The van der Waals surface area contributed by atoms with E-state index in [-0.39, 0.29) is 5.38 Å². The second-order valence-electron chi connectivity index (χ2n) is 4.26. The van der Waals surface area contributed by atoms with Crippen LogP contribution in [0.4, 0.5) is 0 Å². The molecule has 1 aromatic heterocycles. The highest BCUT2D eigenvalue weighted by molar-refractivity contribution is 9.11. The summed E-state index contributed by atoms with van der Waals surface area (Å²) in [5.74, 6) is 1.59. The molecule has 0 saturated carbocycles. The molecule has 3 rings (SSSR count). The first kappa shape index (κ1) is 13.3. The summed E-state index contributed by atoms with van der Waals surface area (Å²) in [4.78, 5) is 1.11. The van der Waals surface area contributed by atoms with Gasteiger partial charge in [0.2, 0.25) is 0 Å². The van der Waals surface area contributed by atoms with Crippen LogP contribution in [-0.4, -0.2) is 13.2 Å². The van der Waals surface area contributed by atoms with Crippen LogP contribution in [-0.2, 0) is 0 Å². The van der Waals surface area contributed by atoms with Crippen LogP contribution in [0, 0.1) is 0 Å². The van der Waals surface area contributed by atoms with Crippen molar-refractivity contribution >= 4 is 38.9 Å². The first-order chi connectivity index (χ1) is 9.24. The minimum Gasteiger partial charge on any atom is -0.490 e. The Balaban J connectivity index is 1.91. The van der Waals surface area contributed by atoms with Crippen LogP contribution < -0.4 is 9.47 Å². The van der Waals surface area contributed by atoms with E-state index < -0.39 is 0 Å². The summed E-state index contributed by atoms with van der Waals surface area (Å²) in [6.45, 7) is 1.39. The maximum atomic E-state index is 6.52. The Hall–Kier alpha value is -0.710. The van der Waals surface area contributed by atoms with Gasteiger partial charge < -0.3 is 9.47 Å². The van der Waals surface area contributed by atoms with Gasteiger partial charge in [0.1, 0.15) is 0 Å². The third-order valence-corrected chi connectivity index (χ3v) is 5.21. The van der Waals surface area contributed by atoms with Crippen LogP contribution in [0.25, 0.3) is 0 Å². The maximum Gasteiger partial charge on any atom is 0.161 e. The summed E-state index contributed by atoms with van der Waals surface area (Å²) in [5, 5.41) is -0.159. The molecule has 100 valence electrons. The molecule has 0 amide bonds. The molecule has 0 fully saturated rings. The molecule has 0 aliphatic carbocycles. The van der Waals surface area contributed by atoms with Crippen molar-refractivity contribution < 1.29 is 9.47 Å². The average Bonchev–Trinajstić information content (AvgIpc) is 2.72. The quantitative estimate of drug-likeness (QED) is 0.702. The van der Waals surface area contributed by atoms with Crippen molar-refractivity contribution in [2.24, 2.45) is 0 Å². The third kappa shape index (κ3) is 2.91. The number of fused-ring (bicyclic) bond motifs is 1. The van der Waals surface area contributed by atoms with E-state index in [2.05, 4.69) is 15.9 Å². The zero-order valence-corrected chi connectivity index (χ0v) is 13.2. The van der Waals surface area contributed by atoms with Gasteiger partial charge in [-0.25, -0.2) is 0 Å². The van der Waals surface area contributed by atoms with Gasteiger partial charge in [0, 0.05) is 11.3 Å². The lowest BCUT2D eigenvalue weighted by atomic mass is 10.1. The Bertz CT molecular complexity index is 585. The first-order valence-corrected chi connectivity index (χ1v) is 8.07. The van der Waals surface area contributed by atoms with Crippen molar-refractivity contribution in [1.82, 2.24) is 0 Å². The number of hydrogen-bond acceptors (Lipinski definition) is 3. The topological polar surface area (TPSA) is 18.5 Å². The van der Waals surface area contributed by atoms with Crippen LogP contribution in [0.15, 0.2) is 34.1 Å². The number of thiophene rings is 1. The third-order valence-electron chi connectivity index (χ3n) is 2.91. The van der Waals surface area contributed by atoms with Crippen LogP contribution in [0.3, 0.4) is 0 Å². The molecule has 19 heavy (non-hydrogen) atoms. The fourth-order valence-electron chi connectivity index (χ4n) is 1.97. The zero-order valence-electron chi connectivity index (χ0n) is 10.1. The lowest BCUT2D eigenvalue weighted by Crippen LogP contribution is -1.97. The van der Waals surface area contributed by atoms with Gasteiger partial charge in [-0.3, -0.25) is 0 Å². The molecule has 0 bridgehead atoms. The Morgan fingerprint density at radius 3 is 2.63 bits per heavy atom. The van der Waals surface area contributed by atoms with E-state index in [1.165, 1.54) is 0 Å². The molecule has 1 aliphatic rings. The van der Waals surface area contributed by atoms with Crippen LogP contribution in [0.5, 0.6) is 11.5 Å². The van der Waals surface area contributed by atoms with Gasteiger partial charge in [0.25, 0.3) is 0 Å². The Kier molecular flexibility index (Phi) is 4.01. The van der Waals surface area contributed by atoms with Gasteiger partial charge in [0.05, 0.1) is 22.4 Å². The predicted octanol–water partition coefficient (Wildman–Crippen LogP) is 5.00. The first-order valence-electron chi connectivity index (χ1n) is 6.03. The normalized spacial score (nSPS) is 15.9. The molecule has 2 heterocycles. The van der Waals surface area contributed by atoms with Crippen LogP contribution in [0.2, 0.25) is 0 Å². The highest BCUT2D eigenvalue weighted by Crippen LogP contribution is 2.39. The van der Waals surface area contributed by atoms with E-state index in [1.807, 2.05) is 30.3 Å². The molecular formula is C14H12BrClO2S. The molecule has 0 radical (unpaired) electrons. The molecule has 1 atom stereocenters. The lowest BCUT2D eigenvalue weighted by Gasteiger charge is -2.12. The molecule has 0 saturated heterocycles. The summed E-state index contributed by atoms with van der Waals surface area (Å²) in [7, 11) is 0. The highest BCUT2D eigenvalue weighted by Gasteiger charge is 2.17. The van der Waals surface area contributed by atoms with Gasteiger partial charge in [-0.1, -0.05) is 6.07 Å². The largest absolute Gasteiger partial charge is 0.490 e. The molecule has 0 N–H and O–H groups in total. The van der Waals surface area contributed by atoms with Gasteiger partial charge >= 0.3 is 0 Å². The fourth-order valence-corrected chi connectivity index (χ4v) is 3.74. The van der Waals surface area contributed by atoms with E-state index in [0.29, 0.717) is 13.2 Å². The number of halogens is 2. The summed E-state index contributed by atoms with van der Waals surface area (Å²) in [5.41, 5.74) is 1.03. The second kappa shape index (κ2) is 5.73. The minimum atomic E-state index is -0.159. The standard InChI is InChI=1S/C14H12BrClO2S/c15-13-5-4-12(19-13)14(16)9-2-3-10-11(8-9)18-7-1-6-17-10/h2-5,8,14H,1,6-7H2. The monoisotopic (exact) mass is 358 g/mol. The summed E-state index contributed by atoms with van der Waals surface area (Å²) < 4.78 is 12.4.